The summed E-state index contributed by atoms with van der Waals surface area (Å²) in [4.78, 5) is 34.5. The molecule has 2 saturated heterocycles. The lowest BCUT2D eigenvalue weighted by Crippen LogP contribution is -2.37. The Morgan fingerprint density at radius 2 is 1.47 bits per heavy atom. The molecule has 3 atom stereocenters. The van der Waals surface area contributed by atoms with Crippen molar-refractivity contribution < 1.29 is 19.2 Å². The first kappa shape index (κ1) is 22.2. The zero-order valence-electron chi connectivity index (χ0n) is 19.2. The third kappa shape index (κ3) is 4.05. The minimum absolute atomic E-state index is 0.251. The highest BCUT2D eigenvalue weighted by Gasteiger charge is 2.60. The standard InChI is InChI=1S/C28H28N2O4/c1-2-3-10-19-33-23-17-15-21(16-18-23)29-27(31)24-25(20-11-6-4-7-12-20)30(34-26(24)28(29)32)22-13-8-5-9-14-22/h4-9,11-18,24-26H,2-3,10,19H2,1H3/t24-,25-,26+/m0/s1. The number of unbranched alkanes of at least 4 members (excludes halogenated alkanes) is 2. The molecule has 174 valence electrons. The highest BCUT2D eigenvalue weighted by Crippen LogP contribution is 2.47. The van der Waals surface area contributed by atoms with Gasteiger partial charge in [0.2, 0.25) is 5.91 Å². The van der Waals surface area contributed by atoms with Crippen LogP contribution in [0.3, 0.4) is 0 Å². The summed E-state index contributed by atoms with van der Waals surface area (Å²) >= 11 is 0. The van der Waals surface area contributed by atoms with Gasteiger partial charge in [0.05, 0.1) is 24.0 Å². The fourth-order valence-corrected chi connectivity index (χ4v) is 4.69. The van der Waals surface area contributed by atoms with E-state index in [1.807, 2.05) is 72.8 Å². The molecule has 0 spiro atoms. The number of imide groups is 1. The largest absolute Gasteiger partial charge is 0.494 e. The number of rotatable bonds is 8. The third-order valence-corrected chi connectivity index (χ3v) is 6.38. The van der Waals surface area contributed by atoms with Crippen molar-refractivity contribution in [1.29, 1.82) is 0 Å². The van der Waals surface area contributed by atoms with Crippen molar-refractivity contribution in [3.05, 3.63) is 90.5 Å². The number of carbonyl (C=O) groups is 2. The lowest BCUT2D eigenvalue weighted by atomic mass is 9.90. The normalized spacial score (nSPS) is 21.7. The van der Waals surface area contributed by atoms with E-state index in [1.54, 1.807) is 17.2 Å². The first-order valence-corrected chi connectivity index (χ1v) is 11.9. The quantitative estimate of drug-likeness (QED) is 0.340. The smallest absolute Gasteiger partial charge is 0.266 e. The second-order valence-electron chi connectivity index (χ2n) is 8.63. The van der Waals surface area contributed by atoms with Crippen LogP contribution in [0.5, 0.6) is 5.75 Å². The number of anilines is 2. The maximum Gasteiger partial charge on any atom is 0.266 e. The summed E-state index contributed by atoms with van der Waals surface area (Å²) in [6.45, 7) is 2.81. The predicted molar refractivity (Wildman–Crippen MR) is 130 cm³/mol. The van der Waals surface area contributed by atoms with Crippen LogP contribution < -0.4 is 14.7 Å². The highest BCUT2D eigenvalue weighted by atomic mass is 16.7. The van der Waals surface area contributed by atoms with E-state index in [0.717, 1.165) is 36.3 Å². The summed E-state index contributed by atoms with van der Waals surface area (Å²) < 4.78 is 5.77. The van der Waals surface area contributed by atoms with Gasteiger partial charge in [-0.3, -0.25) is 14.4 Å². The minimum atomic E-state index is -0.872. The number of benzene rings is 3. The maximum atomic E-state index is 13.7. The SMILES string of the molecule is CCCCCOc1ccc(N2C(=O)[C@@H]3[C@@H](ON(c4ccccc4)[C@H]3c3ccccc3)C2=O)cc1. The molecule has 6 nitrogen and oxygen atoms in total. The number of hydrogen-bond acceptors (Lipinski definition) is 5. The van der Waals surface area contributed by atoms with Crippen molar-refractivity contribution in [2.75, 3.05) is 16.6 Å². The molecule has 0 bridgehead atoms. The van der Waals surface area contributed by atoms with Crippen molar-refractivity contribution in [2.24, 2.45) is 5.92 Å². The molecule has 2 heterocycles. The van der Waals surface area contributed by atoms with E-state index in [4.69, 9.17) is 9.57 Å². The number of nitrogens with zero attached hydrogens (tertiary/aromatic N) is 2. The van der Waals surface area contributed by atoms with Crippen LogP contribution in [-0.2, 0) is 14.4 Å². The van der Waals surface area contributed by atoms with Gasteiger partial charge in [0, 0.05) is 0 Å². The van der Waals surface area contributed by atoms with Gasteiger partial charge in [-0.1, -0.05) is 68.3 Å². The molecule has 2 aliphatic rings. The molecular weight excluding hydrogens is 428 g/mol. The summed E-state index contributed by atoms with van der Waals surface area (Å²) in [7, 11) is 0. The fraction of sp³-hybridized carbons (Fsp3) is 0.286. The van der Waals surface area contributed by atoms with Crippen LogP contribution in [0.25, 0.3) is 0 Å². The highest BCUT2D eigenvalue weighted by molar-refractivity contribution is 6.23. The van der Waals surface area contributed by atoms with E-state index < -0.39 is 18.1 Å². The second kappa shape index (κ2) is 9.69. The number of hydrogen-bond donors (Lipinski definition) is 0. The molecule has 2 amide bonds. The van der Waals surface area contributed by atoms with Gasteiger partial charge in [-0.05, 0) is 48.4 Å². The molecule has 2 fully saturated rings. The van der Waals surface area contributed by atoms with E-state index >= 15 is 0 Å². The van der Waals surface area contributed by atoms with E-state index in [1.165, 1.54) is 4.90 Å². The van der Waals surface area contributed by atoms with Crippen LogP contribution in [-0.4, -0.2) is 24.5 Å². The average Bonchev–Trinajstić information content (AvgIpc) is 3.39. The summed E-state index contributed by atoms with van der Waals surface area (Å²) in [6.07, 6.45) is 2.39. The van der Waals surface area contributed by atoms with Crippen molar-refractivity contribution in [1.82, 2.24) is 0 Å². The Labute approximate surface area is 199 Å². The molecule has 34 heavy (non-hydrogen) atoms. The summed E-state index contributed by atoms with van der Waals surface area (Å²) in [5, 5.41) is 1.71. The second-order valence-corrected chi connectivity index (χ2v) is 8.63. The molecule has 0 saturated carbocycles. The van der Waals surface area contributed by atoms with Gasteiger partial charge in [-0.2, -0.15) is 0 Å². The zero-order chi connectivity index (χ0) is 23.5. The monoisotopic (exact) mass is 456 g/mol. The average molecular weight is 457 g/mol. The molecule has 5 rings (SSSR count). The molecular formula is C28H28N2O4. The topological polar surface area (TPSA) is 59.1 Å². The third-order valence-electron chi connectivity index (χ3n) is 6.38. The number of carbonyl (C=O) groups excluding carboxylic acids is 2. The van der Waals surface area contributed by atoms with Crippen molar-refractivity contribution in [2.45, 2.75) is 38.3 Å². The van der Waals surface area contributed by atoms with Gasteiger partial charge in [0.15, 0.2) is 6.10 Å². The number of amides is 2. The minimum Gasteiger partial charge on any atom is -0.494 e. The summed E-state index contributed by atoms with van der Waals surface area (Å²) in [5.74, 6) is -0.502. The molecule has 0 aliphatic carbocycles. The molecule has 0 aromatic heterocycles. The molecule has 0 radical (unpaired) electrons. The van der Waals surface area contributed by atoms with Gasteiger partial charge < -0.3 is 4.74 Å². The molecule has 3 aromatic rings. The Kier molecular flexibility index (Phi) is 6.32. The summed E-state index contributed by atoms with van der Waals surface area (Å²) in [5.41, 5.74) is 2.27. The van der Waals surface area contributed by atoms with E-state index in [-0.39, 0.29) is 11.8 Å². The van der Waals surface area contributed by atoms with E-state index in [9.17, 15) is 9.59 Å². The lowest BCUT2D eigenvalue weighted by Gasteiger charge is -2.28. The van der Waals surface area contributed by atoms with Gasteiger partial charge in [-0.15, -0.1) is 0 Å². The first-order valence-electron chi connectivity index (χ1n) is 11.9. The molecule has 0 unspecified atom stereocenters. The molecule has 3 aromatic carbocycles. The Morgan fingerprint density at radius 3 is 2.15 bits per heavy atom. The lowest BCUT2D eigenvalue weighted by molar-refractivity contribution is -0.126. The van der Waals surface area contributed by atoms with Crippen LogP contribution in [0.4, 0.5) is 11.4 Å². The van der Waals surface area contributed by atoms with Gasteiger partial charge in [-0.25, -0.2) is 9.96 Å². The zero-order valence-corrected chi connectivity index (χ0v) is 19.2. The van der Waals surface area contributed by atoms with E-state index in [0.29, 0.717) is 12.3 Å². The van der Waals surface area contributed by atoms with Crippen molar-refractivity contribution in [3.8, 4) is 5.75 Å². The van der Waals surface area contributed by atoms with Crippen LogP contribution in [0, 0.1) is 5.92 Å². The predicted octanol–water partition coefficient (Wildman–Crippen LogP) is 5.31. The van der Waals surface area contributed by atoms with Crippen LogP contribution in [0.1, 0.15) is 37.8 Å². The number of ether oxygens (including phenoxy) is 1. The Morgan fingerprint density at radius 1 is 0.794 bits per heavy atom. The Balaban J connectivity index is 1.41. The van der Waals surface area contributed by atoms with Crippen LogP contribution >= 0.6 is 0 Å². The van der Waals surface area contributed by atoms with Gasteiger partial charge in [0.25, 0.3) is 5.91 Å². The maximum absolute atomic E-state index is 13.7. The van der Waals surface area contributed by atoms with Crippen molar-refractivity contribution >= 4 is 23.2 Å². The van der Waals surface area contributed by atoms with Crippen LogP contribution in [0.2, 0.25) is 0 Å². The van der Waals surface area contributed by atoms with Crippen molar-refractivity contribution in [3.63, 3.8) is 0 Å². The summed E-state index contributed by atoms with van der Waals surface area (Å²) in [6, 6.07) is 26.1. The molecule has 0 N–H and O–H groups in total. The molecule has 6 heteroatoms. The first-order chi connectivity index (χ1) is 16.7. The number of fused-ring (bicyclic) bond motifs is 1. The number of hydroxylamine groups is 1. The Bertz CT molecular complexity index is 1130. The Hall–Kier alpha value is -3.64. The molecule has 2 aliphatic heterocycles. The van der Waals surface area contributed by atoms with Gasteiger partial charge >= 0.3 is 0 Å². The fourth-order valence-electron chi connectivity index (χ4n) is 4.69. The van der Waals surface area contributed by atoms with Crippen LogP contribution in [0.15, 0.2) is 84.9 Å². The van der Waals surface area contributed by atoms with Gasteiger partial charge in [0.1, 0.15) is 11.7 Å². The number of para-hydroxylation sites is 1. The van der Waals surface area contributed by atoms with E-state index in [2.05, 4.69) is 6.92 Å².